The van der Waals surface area contributed by atoms with Gasteiger partial charge in [0.25, 0.3) is 0 Å². The third kappa shape index (κ3) is 30.9. The minimum Gasteiger partial charge on any atom is -0.460 e. The van der Waals surface area contributed by atoms with Crippen LogP contribution in [0.5, 0.6) is 0 Å². The molecule has 1 aliphatic heterocycles. The van der Waals surface area contributed by atoms with Gasteiger partial charge < -0.3 is 23.8 Å². The number of esters is 2. The molecular weight excluding hydrogens is 703 g/mol. The van der Waals surface area contributed by atoms with Crippen LogP contribution in [-0.2, 0) is 33.3 Å². The smallest absolute Gasteiger partial charge is 0.306 e. The van der Waals surface area contributed by atoms with Crippen molar-refractivity contribution in [3.05, 3.63) is 24.3 Å². The van der Waals surface area contributed by atoms with E-state index >= 15 is 0 Å². The molecule has 0 aromatic carbocycles. The molecule has 0 bridgehead atoms. The van der Waals surface area contributed by atoms with Crippen molar-refractivity contribution in [3.8, 4) is 0 Å². The topological polar surface area (TPSA) is 91.4 Å². The summed E-state index contributed by atoms with van der Waals surface area (Å²) in [6.07, 6.45) is 37.9. The highest BCUT2D eigenvalue weighted by Crippen LogP contribution is 2.21. The molecule has 2 unspecified atom stereocenters. The molecule has 1 saturated heterocycles. The Balaban J connectivity index is 2.52. The zero-order chi connectivity index (χ0) is 40.7. The van der Waals surface area contributed by atoms with Crippen molar-refractivity contribution in [2.45, 2.75) is 239 Å². The predicted molar refractivity (Wildman–Crippen MR) is 232 cm³/mol. The number of carbonyl (C=O) groups is 3. The van der Waals surface area contributed by atoms with E-state index in [2.05, 4.69) is 52.0 Å². The molecule has 0 radical (unpaired) electrons. The molecular formula is C48H87NO7. The molecule has 0 aromatic heterocycles. The number of hydrogen-bond donors (Lipinski definition) is 0. The fraction of sp³-hybridized carbons (Fsp3) is 0.854. The van der Waals surface area contributed by atoms with Gasteiger partial charge in [-0.25, -0.2) is 0 Å². The Labute approximate surface area is 344 Å². The van der Waals surface area contributed by atoms with Gasteiger partial charge in [0, 0.05) is 38.9 Å². The van der Waals surface area contributed by atoms with E-state index in [0.717, 1.165) is 77.0 Å². The lowest BCUT2D eigenvalue weighted by molar-refractivity contribution is -0.171. The van der Waals surface area contributed by atoms with Gasteiger partial charge >= 0.3 is 11.9 Å². The molecule has 0 aromatic rings. The highest BCUT2D eigenvalue weighted by atomic mass is 16.7. The summed E-state index contributed by atoms with van der Waals surface area (Å²) in [4.78, 5) is 40.8. The van der Waals surface area contributed by atoms with Crippen molar-refractivity contribution in [2.75, 3.05) is 26.3 Å². The summed E-state index contributed by atoms with van der Waals surface area (Å²) in [5.74, 6) is -0.542. The maximum absolute atomic E-state index is 13.2. The van der Waals surface area contributed by atoms with Crippen LogP contribution in [-0.4, -0.2) is 67.5 Å². The van der Waals surface area contributed by atoms with Gasteiger partial charge in [0.1, 0.15) is 12.2 Å². The number of rotatable bonds is 38. The molecule has 8 heteroatoms. The molecule has 1 amide bonds. The molecule has 326 valence electrons. The third-order valence-electron chi connectivity index (χ3n) is 10.6. The van der Waals surface area contributed by atoms with E-state index in [4.69, 9.17) is 18.9 Å². The Bertz CT molecular complexity index is 980. The minimum absolute atomic E-state index is 0.0219. The number of nitrogens with zero attached hydrogens (tertiary/aromatic N) is 1. The molecule has 1 heterocycles. The maximum Gasteiger partial charge on any atom is 0.306 e. The van der Waals surface area contributed by atoms with Crippen molar-refractivity contribution >= 4 is 17.8 Å². The first kappa shape index (κ1) is 51.8. The average molecular weight is 790 g/mol. The first-order chi connectivity index (χ1) is 27.4. The Morgan fingerprint density at radius 1 is 0.518 bits per heavy atom. The van der Waals surface area contributed by atoms with Crippen molar-refractivity contribution < 1.29 is 33.3 Å². The van der Waals surface area contributed by atoms with Crippen molar-refractivity contribution in [1.29, 1.82) is 0 Å². The first-order valence-corrected chi connectivity index (χ1v) is 23.6. The third-order valence-corrected chi connectivity index (χ3v) is 10.6. The van der Waals surface area contributed by atoms with Gasteiger partial charge in [0.05, 0.1) is 19.5 Å². The van der Waals surface area contributed by atoms with E-state index < -0.39 is 18.5 Å². The fourth-order valence-corrected chi connectivity index (χ4v) is 7.08. The quantitative estimate of drug-likeness (QED) is 0.0266. The summed E-state index contributed by atoms with van der Waals surface area (Å²) in [6.45, 7) is 10.7. The molecule has 8 nitrogen and oxygen atoms in total. The molecule has 0 aliphatic carbocycles. The lowest BCUT2D eigenvalue weighted by atomic mass is 10.0. The number of carbonyl (C=O) groups excluding carboxylic acids is 3. The van der Waals surface area contributed by atoms with Gasteiger partial charge in [0.2, 0.25) is 5.91 Å². The lowest BCUT2D eigenvalue weighted by Gasteiger charge is -2.37. The molecule has 0 saturated carbocycles. The summed E-state index contributed by atoms with van der Waals surface area (Å²) in [5, 5.41) is 0. The first-order valence-electron chi connectivity index (χ1n) is 23.6. The molecule has 1 aliphatic rings. The Kier molecular flexibility index (Phi) is 35.5. The summed E-state index contributed by atoms with van der Waals surface area (Å²) < 4.78 is 24.1. The van der Waals surface area contributed by atoms with Gasteiger partial charge in [0.15, 0.2) is 6.29 Å². The van der Waals surface area contributed by atoms with E-state index in [9.17, 15) is 14.4 Å². The van der Waals surface area contributed by atoms with Crippen LogP contribution >= 0.6 is 0 Å². The van der Waals surface area contributed by atoms with E-state index in [-0.39, 0.29) is 24.3 Å². The highest BCUT2D eigenvalue weighted by Gasteiger charge is 2.34. The largest absolute Gasteiger partial charge is 0.460 e. The van der Waals surface area contributed by atoms with Gasteiger partial charge in [-0.1, -0.05) is 155 Å². The van der Waals surface area contributed by atoms with Crippen molar-refractivity contribution in [1.82, 2.24) is 4.90 Å². The lowest BCUT2D eigenvalue weighted by Crippen LogP contribution is -2.51. The van der Waals surface area contributed by atoms with Gasteiger partial charge in [-0.15, -0.1) is 0 Å². The van der Waals surface area contributed by atoms with Crippen LogP contribution in [0.25, 0.3) is 0 Å². The molecule has 0 N–H and O–H groups in total. The van der Waals surface area contributed by atoms with Crippen LogP contribution in [0.3, 0.4) is 0 Å². The number of piperidine rings is 1. The van der Waals surface area contributed by atoms with Crippen LogP contribution in [0, 0.1) is 0 Å². The Morgan fingerprint density at radius 3 is 1.52 bits per heavy atom. The maximum atomic E-state index is 13.2. The summed E-state index contributed by atoms with van der Waals surface area (Å²) >= 11 is 0. The number of ether oxygens (including phenoxy) is 4. The number of allylic oxidation sites excluding steroid dienone is 4. The molecule has 2 atom stereocenters. The Hall–Kier alpha value is -2.19. The number of unbranched alkanes of at least 4 members (excludes halogenated alkanes) is 19. The SMILES string of the molecule is CCCCC/C=C\C/C=C\CCCCCCCC(=O)OC1CC(OC(=O)CCC(OCCCCCCCC)OCCCCCCCC)CN(C(=O)CCCC)C1. The van der Waals surface area contributed by atoms with E-state index in [0.29, 0.717) is 52.0 Å². The Morgan fingerprint density at radius 2 is 0.964 bits per heavy atom. The van der Waals surface area contributed by atoms with E-state index in [1.54, 1.807) is 4.90 Å². The number of hydrogen-bond acceptors (Lipinski definition) is 7. The zero-order valence-electron chi connectivity index (χ0n) is 36.9. The zero-order valence-corrected chi connectivity index (χ0v) is 36.9. The van der Waals surface area contributed by atoms with E-state index in [1.165, 1.54) is 83.5 Å². The molecule has 1 fully saturated rings. The average Bonchev–Trinajstić information content (AvgIpc) is 3.19. The second-order valence-corrected chi connectivity index (χ2v) is 16.1. The summed E-state index contributed by atoms with van der Waals surface area (Å²) in [7, 11) is 0. The van der Waals surface area contributed by atoms with Crippen LogP contribution in [0.4, 0.5) is 0 Å². The van der Waals surface area contributed by atoms with E-state index in [1.807, 2.05) is 0 Å². The molecule has 1 rings (SSSR count). The second kappa shape index (κ2) is 38.3. The minimum atomic E-state index is -0.512. The van der Waals surface area contributed by atoms with Crippen molar-refractivity contribution in [3.63, 3.8) is 0 Å². The van der Waals surface area contributed by atoms with Crippen LogP contribution in [0.2, 0.25) is 0 Å². The van der Waals surface area contributed by atoms with Gasteiger partial charge in [-0.05, 0) is 57.8 Å². The van der Waals surface area contributed by atoms with Crippen molar-refractivity contribution in [2.24, 2.45) is 0 Å². The molecule has 56 heavy (non-hydrogen) atoms. The summed E-state index contributed by atoms with van der Waals surface area (Å²) in [6, 6.07) is 0. The number of likely N-dealkylation sites (tertiary alicyclic amines) is 1. The van der Waals surface area contributed by atoms with Crippen LogP contribution < -0.4 is 0 Å². The fourth-order valence-electron chi connectivity index (χ4n) is 7.08. The highest BCUT2D eigenvalue weighted by molar-refractivity contribution is 5.76. The van der Waals surface area contributed by atoms with Gasteiger partial charge in [-0.3, -0.25) is 14.4 Å². The standard InChI is InChI=1S/C48H87NO7/c1-5-9-13-16-19-20-21-22-23-24-25-26-27-28-31-35-46(51)55-43-40-44(42-49(41-43)45(50)34-12-8-4)56-47(52)36-37-48(53-38-32-29-17-14-10-6-2)54-39-33-30-18-15-11-7-3/h19-20,22-23,43-44,48H,5-18,21,24-42H2,1-4H3/b20-19-,23-22-. The monoisotopic (exact) mass is 790 g/mol. The number of amides is 1. The van der Waals surface area contributed by atoms with Crippen LogP contribution in [0.15, 0.2) is 24.3 Å². The van der Waals surface area contributed by atoms with Gasteiger partial charge in [-0.2, -0.15) is 0 Å². The predicted octanol–water partition coefficient (Wildman–Crippen LogP) is 12.9. The van der Waals surface area contributed by atoms with Crippen LogP contribution in [0.1, 0.15) is 220 Å². The molecule has 0 spiro atoms. The second-order valence-electron chi connectivity index (χ2n) is 16.1. The normalized spacial score (nSPS) is 16.1. The summed E-state index contributed by atoms with van der Waals surface area (Å²) in [5.41, 5.74) is 0.